The van der Waals surface area contributed by atoms with Crippen LogP contribution in [0.1, 0.15) is 101 Å². The van der Waals surface area contributed by atoms with Gasteiger partial charge in [0.25, 0.3) is 0 Å². The second-order valence-electron chi connectivity index (χ2n) is 9.86. The molecule has 0 fully saturated rings. The SMILES string of the molecule is CC(C)c1cc(I)cc(C(C)C)c1N1C=CN(c2c(C(C)C)cc(I)cc2C(C)C)C1. The van der Waals surface area contributed by atoms with Gasteiger partial charge in [-0.25, -0.2) is 0 Å². The van der Waals surface area contributed by atoms with E-state index in [-0.39, 0.29) is 0 Å². The maximum absolute atomic E-state index is 2.47. The zero-order chi connectivity index (χ0) is 23.0. The van der Waals surface area contributed by atoms with Crippen molar-refractivity contribution >= 4 is 56.6 Å². The summed E-state index contributed by atoms with van der Waals surface area (Å²) in [5.74, 6) is 1.95. The first-order chi connectivity index (χ1) is 14.5. The molecule has 1 aliphatic rings. The summed E-state index contributed by atoms with van der Waals surface area (Å²) in [6.45, 7) is 19.3. The summed E-state index contributed by atoms with van der Waals surface area (Å²) in [4.78, 5) is 4.93. The van der Waals surface area contributed by atoms with Crippen molar-refractivity contribution < 1.29 is 0 Å². The Balaban J connectivity index is 2.10. The molecule has 1 aliphatic heterocycles. The fourth-order valence-corrected chi connectivity index (χ4v) is 5.76. The predicted octanol–water partition coefficient (Wildman–Crippen LogP) is 9.14. The van der Waals surface area contributed by atoms with Crippen molar-refractivity contribution in [3.05, 3.63) is 66.1 Å². The highest BCUT2D eigenvalue weighted by molar-refractivity contribution is 14.1. The van der Waals surface area contributed by atoms with E-state index in [1.807, 2.05) is 0 Å². The van der Waals surface area contributed by atoms with Gasteiger partial charge < -0.3 is 9.80 Å². The summed E-state index contributed by atoms with van der Waals surface area (Å²) in [6, 6.07) is 9.47. The Bertz CT molecular complexity index is 838. The highest BCUT2D eigenvalue weighted by atomic mass is 127. The van der Waals surface area contributed by atoms with Gasteiger partial charge in [0.2, 0.25) is 0 Å². The van der Waals surface area contributed by atoms with Gasteiger partial charge in [-0.05, 0) is 115 Å². The van der Waals surface area contributed by atoms with Crippen molar-refractivity contribution in [2.24, 2.45) is 0 Å². The number of hydrogen-bond donors (Lipinski definition) is 0. The third-order valence-corrected chi connectivity index (χ3v) is 7.31. The lowest BCUT2D eigenvalue weighted by molar-refractivity contribution is 0.801. The normalized spacial score (nSPS) is 14.3. The van der Waals surface area contributed by atoms with E-state index in [4.69, 9.17) is 0 Å². The van der Waals surface area contributed by atoms with Gasteiger partial charge >= 0.3 is 0 Å². The molecule has 3 rings (SSSR count). The molecule has 2 nitrogen and oxygen atoms in total. The Hall–Kier alpha value is -0.760. The van der Waals surface area contributed by atoms with Crippen molar-refractivity contribution in [3.8, 4) is 0 Å². The van der Waals surface area contributed by atoms with Crippen LogP contribution in [0.3, 0.4) is 0 Å². The molecule has 0 radical (unpaired) electrons. The van der Waals surface area contributed by atoms with Gasteiger partial charge in [-0.15, -0.1) is 0 Å². The predicted molar refractivity (Wildman–Crippen MR) is 154 cm³/mol. The Labute approximate surface area is 216 Å². The third kappa shape index (κ3) is 5.26. The van der Waals surface area contributed by atoms with Crippen LogP contribution in [0.15, 0.2) is 36.7 Å². The fraction of sp³-hybridized carbons (Fsp3) is 0.481. The molecule has 0 saturated carbocycles. The van der Waals surface area contributed by atoms with E-state index < -0.39 is 0 Å². The van der Waals surface area contributed by atoms with Crippen LogP contribution in [0.5, 0.6) is 0 Å². The monoisotopic (exact) mass is 642 g/mol. The summed E-state index contributed by atoms with van der Waals surface area (Å²) < 4.78 is 2.66. The highest BCUT2D eigenvalue weighted by Crippen LogP contribution is 2.42. The summed E-state index contributed by atoms with van der Waals surface area (Å²) in [6.07, 6.45) is 4.57. The number of rotatable bonds is 6. The van der Waals surface area contributed by atoms with Gasteiger partial charge in [-0.1, -0.05) is 55.4 Å². The van der Waals surface area contributed by atoms with E-state index in [0.29, 0.717) is 23.7 Å². The van der Waals surface area contributed by atoms with E-state index in [1.165, 1.54) is 40.8 Å². The second kappa shape index (κ2) is 10.0. The smallest absolute Gasteiger partial charge is 0.0989 e. The van der Waals surface area contributed by atoms with Crippen LogP contribution >= 0.6 is 45.2 Å². The first kappa shape index (κ1) is 24.9. The van der Waals surface area contributed by atoms with Crippen LogP contribution < -0.4 is 9.80 Å². The van der Waals surface area contributed by atoms with Gasteiger partial charge in [-0.2, -0.15) is 0 Å². The molecule has 0 atom stereocenters. The van der Waals surface area contributed by atoms with Crippen molar-refractivity contribution in [1.29, 1.82) is 0 Å². The molecule has 2 aromatic carbocycles. The van der Waals surface area contributed by atoms with Crippen molar-refractivity contribution in [2.75, 3.05) is 16.5 Å². The maximum Gasteiger partial charge on any atom is 0.0989 e. The van der Waals surface area contributed by atoms with Crippen LogP contribution in [0.25, 0.3) is 0 Å². The minimum absolute atomic E-state index is 0.486. The summed E-state index contributed by atoms with van der Waals surface area (Å²) >= 11 is 4.94. The van der Waals surface area contributed by atoms with Gasteiger partial charge in [0.15, 0.2) is 0 Å². The van der Waals surface area contributed by atoms with Crippen LogP contribution in [0.4, 0.5) is 11.4 Å². The first-order valence-corrected chi connectivity index (χ1v) is 13.5. The lowest BCUT2D eigenvalue weighted by Gasteiger charge is -2.31. The Morgan fingerprint density at radius 2 is 0.806 bits per heavy atom. The lowest BCUT2D eigenvalue weighted by atomic mass is 9.91. The molecule has 168 valence electrons. The molecular formula is C27H36I2N2. The minimum Gasteiger partial charge on any atom is -0.327 e. The maximum atomic E-state index is 2.47. The molecule has 0 amide bonds. The molecular weight excluding hydrogens is 606 g/mol. The zero-order valence-corrected chi connectivity index (χ0v) is 24.4. The molecule has 0 aliphatic carbocycles. The zero-order valence-electron chi connectivity index (χ0n) is 20.1. The number of halogens is 2. The number of benzene rings is 2. The van der Waals surface area contributed by atoms with Gasteiger partial charge in [-0.3, -0.25) is 0 Å². The van der Waals surface area contributed by atoms with Crippen LogP contribution in [0, 0.1) is 7.14 Å². The largest absolute Gasteiger partial charge is 0.327 e. The third-order valence-electron chi connectivity index (χ3n) is 6.06. The van der Waals surface area contributed by atoms with E-state index in [0.717, 1.165) is 6.67 Å². The van der Waals surface area contributed by atoms with Crippen LogP contribution in [-0.2, 0) is 0 Å². The summed E-state index contributed by atoms with van der Waals surface area (Å²) in [5.41, 5.74) is 8.56. The van der Waals surface area contributed by atoms with Crippen LogP contribution in [0.2, 0.25) is 0 Å². The summed E-state index contributed by atoms with van der Waals surface area (Å²) in [7, 11) is 0. The number of hydrogen-bond acceptors (Lipinski definition) is 2. The number of anilines is 2. The average molecular weight is 642 g/mol. The molecule has 0 bridgehead atoms. The molecule has 0 saturated heterocycles. The van der Waals surface area contributed by atoms with Crippen molar-refractivity contribution in [3.63, 3.8) is 0 Å². The van der Waals surface area contributed by atoms with E-state index >= 15 is 0 Å². The molecule has 31 heavy (non-hydrogen) atoms. The van der Waals surface area contributed by atoms with Gasteiger partial charge in [0, 0.05) is 30.9 Å². The Morgan fingerprint density at radius 1 is 0.548 bits per heavy atom. The molecule has 2 aromatic rings. The number of nitrogens with zero attached hydrogens (tertiary/aromatic N) is 2. The van der Waals surface area contributed by atoms with E-state index in [2.05, 4.69) is 147 Å². The average Bonchev–Trinajstić information content (AvgIpc) is 3.15. The molecule has 4 heteroatoms. The van der Waals surface area contributed by atoms with Crippen LogP contribution in [-0.4, -0.2) is 6.67 Å². The highest BCUT2D eigenvalue weighted by Gasteiger charge is 2.27. The Kier molecular flexibility index (Phi) is 8.04. The molecule has 0 spiro atoms. The standard InChI is InChI=1S/C27H36I2N2/c1-16(2)22-11-20(28)12-23(17(3)4)26(22)30-9-10-31(15-30)27-24(18(5)6)13-21(29)14-25(27)19(7)8/h9-14,16-19H,15H2,1-8H3. The quantitative estimate of drug-likeness (QED) is 0.290. The molecule has 1 heterocycles. The van der Waals surface area contributed by atoms with Crippen molar-refractivity contribution in [2.45, 2.75) is 79.1 Å². The fourth-order valence-electron chi connectivity index (χ4n) is 4.42. The molecule has 0 aromatic heterocycles. The van der Waals surface area contributed by atoms with Gasteiger partial charge in [0.1, 0.15) is 0 Å². The summed E-state index contributed by atoms with van der Waals surface area (Å²) in [5, 5.41) is 0. The Morgan fingerprint density at radius 3 is 1.03 bits per heavy atom. The van der Waals surface area contributed by atoms with E-state index in [9.17, 15) is 0 Å². The van der Waals surface area contributed by atoms with Crippen molar-refractivity contribution in [1.82, 2.24) is 0 Å². The van der Waals surface area contributed by atoms with E-state index in [1.54, 1.807) is 0 Å². The van der Waals surface area contributed by atoms with Gasteiger partial charge in [0.05, 0.1) is 6.67 Å². The first-order valence-electron chi connectivity index (χ1n) is 11.4. The molecule has 0 N–H and O–H groups in total. The molecule has 0 unspecified atom stereocenters. The topological polar surface area (TPSA) is 6.48 Å². The second-order valence-corrected chi connectivity index (χ2v) is 12.4. The lowest BCUT2D eigenvalue weighted by Crippen LogP contribution is -2.28. The minimum atomic E-state index is 0.486.